The molecule has 3 N–H and O–H groups in total. The van der Waals surface area contributed by atoms with E-state index < -0.39 is 17.8 Å². The zero-order valence-corrected chi connectivity index (χ0v) is 19.7. The molecule has 3 rings (SSSR count). The minimum absolute atomic E-state index is 0.000535. The lowest BCUT2D eigenvalue weighted by atomic mass is 9.92. The summed E-state index contributed by atoms with van der Waals surface area (Å²) < 4.78 is 19.9. The second-order valence-corrected chi connectivity index (χ2v) is 9.15. The average molecular weight is 478 g/mol. The maximum Gasteiger partial charge on any atom is 0.323 e. The van der Waals surface area contributed by atoms with Crippen molar-refractivity contribution in [1.82, 2.24) is 0 Å². The lowest BCUT2D eigenvalue weighted by Crippen LogP contribution is -2.48. The largest absolute Gasteiger partial charge is 0.481 e. The van der Waals surface area contributed by atoms with Crippen LogP contribution in [-0.4, -0.2) is 42.4 Å². The maximum absolute atomic E-state index is 14.1. The van der Waals surface area contributed by atoms with E-state index in [-0.39, 0.29) is 28.6 Å². The number of ether oxygens (including phenoxy) is 1. The highest BCUT2D eigenvalue weighted by Crippen LogP contribution is 2.35. The van der Waals surface area contributed by atoms with Gasteiger partial charge < -0.3 is 25.4 Å². The molecule has 0 radical (unpaired) electrons. The molecule has 178 valence electrons. The number of rotatable bonds is 7. The number of carboxylic acids is 1. The lowest BCUT2D eigenvalue weighted by Gasteiger charge is -2.40. The Labute approximate surface area is 197 Å². The predicted octanol–water partition coefficient (Wildman–Crippen LogP) is 5.71. The summed E-state index contributed by atoms with van der Waals surface area (Å²) in [4.78, 5) is 26.2. The Morgan fingerprint density at radius 1 is 1.21 bits per heavy atom. The predicted molar refractivity (Wildman–Crippen MR) is 128 cm³/mol. The van der Waals surface area contributed by atoms with Crippen molar-refractivity contribution in [2.75, 3.05) is 35.2 Å². The maximum atomic E-state index is 14.1. The summed E-state index contributed by atoms with van der Waals surface area (Å²) in [6.45, 7) is 7.70. The summed E-state index contributed by atoms with van der Waals surface area (Å²) in [6.07, 6.45) is 0.625. The Morgan fingerprint density at radius 2 is 1.94 bits per heavy atom. The first-order chi connectivity index (χ1) is 15.6. The van der Waals surface area contributed by atoms with Gasteiger partial charge in [0.15, 0.2) is 0 Å². The molecule has 2 amide bonds. The Kier molecular flexibility index (Phi) is 7.81. The zero-order chi connectivity index (χ0) is 24.2. The highest BCUT2D eigenvalue weighted by Gasteiger charge is 2.29. The molecule has 1 unspecified atom stereocenters. The number of urea groups is 1. The molecule has 2 aromatic carbocycles. The van der Waals surface area contributed by atoms with E-state index in [1.807, 2.05) is 32.9 Å². The minimum Gasteiger partial charge on any atom is -0.481 e. The van der Waals surface area contributed by atoms with Crippen LogP contribution in [0.2, 0.25) is 5.02 Å². The SMILES string of the molecule is CCC(CC(=O)O)c1ccc(N2CCOC(C)(C)C2)c(NC(=O)Nc2ccc(Cl)cc2F)c1. The standard InChI is InChI=1S/C24H29ClFN3O4/c1-4-15(12-22(30)31)16-5-8-21(29-9-10-33-24(2,3)14-29)20(11-16)28-23(32)27-19-7-6-17(25)13-18(19)26/h5-8,11,13,15H,4,9-10,12,14H2,1-3H3,(H,30,31)(H2,27,28,32). The number of carboxylic acid groups (broad SMARTS) is 1. The summed E-state index contributed by atoms with van der Waals surface area (Å²) in [5.41, 5.74) is 1.74. The molecule has 0 bridgehead atoms. The van der Waals surface area contributed by atoms with E-state index in [2.05, 4.69) is 15.5 Å². The van der Waals surface area contributed by atoms with Gasteiger partial charge in [-0.15, -0.1) is 0 Å². The third-order valence-corrected chi connectivity index (χ3v) is 5.83. The lowest BCUT2D eigenvalue weighted by molar-refractivity contribution is -0.137. The zero-order valence-electron chi connectivity index (χ0n) is 19.0. The Bertz CT molecular complexity index is 1030. The van der Waals surface area contributed by atoms with Crippen LogP contribution >= 0.6 is 11.6 Å². The molecule has 1 saturated heterocycles. The van der Waals surface area contributed by atoms with Crippen LogP contribution < -0.4 is 15.5 Å². The molecule has 0 aliphatic carbocycles. The van der Waals surface area contributed by atoms with Crippen LogP contribution in [0.4, 0.5) is 26.2 Å². The molecule has 0 aromatic heterocycles. The number of benzene rings is 2. The van der Waals surface area contributed by atoms with E-state index >= 15 is 0 Å². The number of hydrogen-bond donors (Lipinski definition) is 3. The first kappa shape index (κ1) is 24.8. The molecule has 2 aromatic rings. The number of aliphatic carboxylic acids is 1. The van der Waals surface area contributed by atoms with E-state index in [0.717, 1.165) is 17.3 Å². The molecular weight excluding hydrogens is 449 g/mol. The van der Waals surface area contributed by atoms with Gasteiger partial charge in [-0.2, -0.15) is 0 Å². The van der Waals surface area contributed by atoms with Crippen molar-refractivity contribution in [1.29, 1.82) is 0 Å². The molecule has 1 atom stereocenters. The molecule has 1 aliphatic heterocycles. The van der Waals surface area contributed by atoms with E-state index in [1.54, 1.807) is 6.07 Å². The van der Waals surface area contributed by atoms with Gasteiger partial charge in [-0.25, -0.2) is 9.18 Å². The number of nitrogens with zero attached hydrogens (tertiary/aromatic N) is 1. The molecule has 33 heavy (non-hydrogen) atoms. The molecule has 1 heterocycles. The van der Waals surface area contributed by atoms with Crippen LogP contribution in [0.15, 0.2) is 36.4 Å². The number of nitrogens with one attached hydrogen (secondary N) is 2. The Morgan fingerprint density at radius 3 is 2.58 bits per heavy atom. The van der Waals surface area contributed by atoms with E-state index in [4.69, 9.17) is 16.3 Å². The number of morpholine rings is 1. The second-order valence-electron chi connectivity index (χ2n) is 8.71. The number of amides is 2. The summed E-state index contributed by atoms with van der Waals surface area (Å²) in [6, 6.07) is 8.97. The van der Waals surface area contributed by atoms with Crippen LogP contribution in [0.25, 0.3) is 0 Å². The number of carbonyl (C=O) groups excluding carboxylic acids is 1. The highest BCUT2D eigenvalue weighted by molar-refractivity contribution is 6.30. The van der Waals surface area contributed by atoms with Crippen LogP contribution in [0.1, 0.15) is 45.1 Å². The second kappa shape index (κ2) is 10.4. The fourth-order valence-corrected chi connectivity index (χ4v) is 4.14. The fourth-order valence-electron chi connectivity index (χ4n) is 3.98. The molecule has 1 fully saturated rings. The van der Waals surface area contributed by atoms with Crippen molar-refractivity contribution in [3.05, 3.63) is 52.8 Å². The van der Waals surface area contributed by atoms with Crippen molar-refractivity contribution >= 4 is 40.7 Å². The van der Waals surface area contributed by atoms with Crippen molar-refractivity contribution in [3.63, 3.8) is 0 Å². The van der Waals surface area contributed by atoms with E-state index in [1.165, 1.54) is 12.1 Å². The van der Waals surface area contributed by atoms with Crippen molar-refractivity contribution in [2.24, 2.45) is 0 Å². The van der Waals surface area contributed by atoms with Gasteiger partial charge in [-0.1, -0.05) is 24.6 Å². The Hall–Kier alpha value is -2.84. The fraction of sp³-hybridized carbons (Fsp3) is 0.417. The first-order valence-electron chi connectivity index (χ1n) is 10.9. The minimum atomic E-state index is -0.883. The van der Waals surface area contributed by atoms with Gasteiger partial charge in [0.25, 0.3) is 0 Å². The monoisotopic (exact) mass is 477 g/mol. The van der Waals surface area contributed by atoms with Gasteiger partial charge in [0.2, 0.25) is 0 Å². The highest BCUT2D eigenvalue weighted by atomic mass is 35.5. The van der Waals surface area contributed by atoms with Gasteiger partial charge in [0, 0.05) is 18.1 Å². The van der Waals surface area contributed by atoms with Crippen molar-refractivity contribution in [3.8, 4) is 0 Å². The molecule has 9 heteroatoms. The molecule has 0 saturated carbocycles. The smallest absolute Gasteiger partial charge is 0.323 e. The third kappa shape index (κ3) is 6.58. The van der Waals surface area contributed by atoms with Crippen LogP contribution in [0, 0.1) is 5.82 Å². The third-order valence-electron chi connectivity index (χ3n) is 5.60. The molecular formula is C24H29ClFN3O4. The normalized spacial score (nSPS) is 16.2. The number of carbonyl (C=O) groups is 2. The van der Waals surface area contributed by atoms with Crippen LogP contribution in [0.5, 0.6) is 0 Å². The number of halogens is 2. The molecule has 7 nitrogen and oxygen atoms in total. The topological polar surface area (TPSA) is 90.9 Å². The summed E-state index contributed by atoms with van der Waals surface area (Å²) in [5.74, 6) is -1.73. The number of hydrogen-bond acceptors (Lipinski definition) is 4. The molecule has 0 spiro atoms. The van der Waals surface area contributed by atoms with Crippen LogP contribution in [-0.2, 0) is 9.53 Å². The van der Waals surface area contributed by atoms with Crippen molar-refractivity contribution < 1.29 is 23.8 Å². The van der Waals surface area contributed by atoms with Gasteiger partial charge in [0.1, 0.15) is 5.82 Å². The first-order valence-corrected chi connectivity index (χ1v) is 11.2. The Balaban J connectivity index is 1.91. The summed E-state index contributed by atoms with van der Waals surface area (Å²) >= 11 is 5.78. The van der Waals surface area contributed by atoms with Gasteiger partial charge in [-0.3, -0.25) is 4.79 Å². The average Bonchev–Trinajstić information content (AvgIpc) is 2.73. The quantitative estimate of drug-likeness (QED) is 0.475. The summed E-state index contributed by atoms with van der Waals surface area (Å²) in [7, 11) is 0. The number of anilines is 3. The van der Waals surface area contributed by atoms with Gasteiger partial charge in [0.05, 0.1) is 35.7 Å². The molecule has 1 aliphatic rings. The summed E-state index contributed by atoms with van der Waals surface area (Å²) in [5, 5.41) is 14.8. The van der Waals surface area contributed by atoms with Crippen molar-refractivity contribution in [2.45, 2.75) is 45.1 Å². The van der Waals surface area contributed by atoms with Gasteiger partial charge >= 0.3 is 12.0 Å². The van der Waals surface area contributed by atoms with Gasteiger partial charge in [-0.05, 0) is 62.1 Å². The van der Waals surface area contributed by atoms with E-state index in [0.29, 0.717) is 31.8 Å². The van der Waals surface area contributed by atoms with E-state index in [9.17, 15) is 19.1 Å². The van der Waals surface area contributed by atoms with Crippen LogP contribution in [0.3, 0.4) is 0 Å².